The van der Waals surface area contributed by atoms with E-state index in [0.29, 0.717) is 5.56 Å². The number of rotatable bonds is 6. The first-order chi connectivity index (χ1) is 10.1. The van der Waals surface area contributed by atoms with Crippen LogP contribution < -0.4 is 5.32 Å². The van der Waals surface area contributed by atoms with Crippen LogP contribution in [0.4, 0.5) is 0 Å². The molecule has 1 heterocycles. The van der Waals surface area contributed by atoms with Crippen LogP contribution in [-0.4, -0.2) is 16.3 Å². The molecule has 1 N–H and O–H groups in total. The molecule has 1 aromatic heterocycles. The number of nitrogens with one attached hydrogen (secondary N) is 1. The molecule has 0 saturated heterocycles. The van der Waals surface area contributed by atoms with E-state index in [-0.39, 0.29) is 6.04 Å². The minimum atomic E-state index is 0.290. The second-order valence-corrected chi connectivity index (χ2v) is 5.41. The lowest BCUT2D eigenvalue weighted by Crippen LogP contribution is -2.21. The van der Waals surface area contributed by atoms with Crippen molar-refractivity contribution in [2.75, 3.05) is 6.54 Å². The molecule has 110 valence electrons. The van der Waals surface area contributed by atoms with Crippen LogP contribution in [0.1, 0.15) is 41.9 Å². The van der Waals surface area contributed by atoms with Crippen LogP contribution in [-0.2, 0) is 6.54 Å². The smallest absolute Gasteiger partial charge is 0.0991 e. The van der Waals surface area contributed by atoms with E-state index in [2.05, 4.69) is 41.1 Å². The Labute approximate surface area is 126 Å². The molecule has 0 fully saturated rings. The molecule has 4 nitrogen and oxygen atoms in total. The minimum Gasteiger partial charge on any atom is -0.310 e. The van der Waals surface area contributed by atoms with Crippen molar-refractivity contribution in [3.05, 3.63) is 52.8 Å². The van der Waals surface area contributed by atoms with E-state index < -0.39 is 0 Å². The van der Waals surface area contributed by atoms with E-state index >= 15 is 0 Å². The molecular weight excluding hydrogens is 260 g/mol. The van der Waals surface area contributed by atoms with Gasteiger partial charge in [-0.15, -0.1) is 0 Å². The zero-order chi connectivity index (χ0) is 15.2. The number of nitriles is 1. The van der Waals surface area contributed by atoms with E-state index in [1.54, 1.807) is 0 Å². The van der Waals surface area contributed by atoms with Crippen molar-refractivity contribution in [3.8, 4) is 6.07 Å². The number of aromatic nitrogens is 2. The standard InChI is InChI=1S/C17H22N4/c1-13-11-14(2)21(20-13)10-4-9-19-15(3)17-7-5-16(12-18)6-8-17/h5-8,11,15,19H,4,9-10H2,1-3H3. The van der Waals surface area contributed by atoms with Gasteiger partial charge < -0.3 is 5.32 Å². The Morgan fingerprint density at radius 1 is 1.29 bits per heavy atom. The summed E-state index contributed by atoms with van der Waals surface area (Å²) in [6.45, 7) is 8.14. The predicted molar refractivity (Wildman–Crippen MR) is 83.9 cm³/mol. The summed E-state index contributed by atoms with van der Waals surface area (Å²) < 4.78 is 2.06. The summed E-state index contributed by atoms with van der Waals surface area (Å²) in [4.78, 5) is 0. The van der Waals surface area contributed by atoms with Crippen molar-refractivity contribution < 1.29 is 0 Å². The van der Waals surface area contributed by atoms with Gasteiger partial charge in [-0.2, -0.15) is 10.4 Å². The Morgan fingerprint density at radius 2 is 2.00 bits per heavy atom. The van der Waals surface area contributed by atoms with Gasteiger partial charge in [-0.1, -0.05) is 12.1 Å². The molecule has 1 unspecified atom stereocenters. The van der Waals surface area contributed by atoms with Crippen molar-refractivity contribution >= 4 is 0 Å². The Bertz CT molecular complexity index is 619. The summed E-state index contributed by atoms with van der Waals surface area (Å²) >= 11 is 0. The lowest BCUT2D eigenvalue weighted by molar-refractivity contribution is 0.500. The molecule has 21 heavy (non-hydrogen) atoms. The summed E-state index contributed by atoms with van der Waals surface area (Å²) in [7, 11) is 0. The zero-order valence-corrected chi connectivity index (χ0v) is 12.9. The number of nitrogens with zero attached hydrogens (tertiary/aromatic N) is 3. The van der Waals surface area contributed by atoms with Gasteiger partial charge in [0.05, 0.1) is 17.3 Å². The third-order valence-electron chi connectivity index (χ3n) is 3.64. The summed E-state index contributed by atoms with van der Waals surface area (Å²) in [5.74, 6) is 0. The van der Waals surface area contributed by atoms with Gasteiger partial charge in [-0.3, -0.25) is 4.68 Å². The molecule has 4 heteroatoms. The van der Waals surface area contributed by atoms with Gasteiger partial charge in [0.25, 0.3) is 0 Å². The molecule has 1 aromatic carbocycles. The fourth-order valence-electron chi connectivity index (χ4n) is 2.41. The second-order valence-electron chi connectivity index (χ2n) is 5.41. The van der Waals surface area contributed by atoms with Crippen LogP contribution >= 0.6 is 0 Å². The lowest BCUT2D eigenvalue weighted by Gasteiger charge is -2.14. The maximum Gasteiger partial charge on any atom is 0.0991 e. The van der Waals surface area contributed by atoms with Gasteiger partial charge >= 0.3 is 0 Å². The van der Waals surface area contributed by atoms with Crippen molar-refractivity contribution in [1.29, 1.82) is 5.26 Å². The molecule has 0 saturated carbocycles. The van der Waals surface area contributed by atoms with E-state index in [0.717, 1.165) is 25.2 Å². The van der Waals surface area contributed by atoms with E-state index in [4.69, 9.17) is 5.26 Å². The highest BCUT2D eigenvalue weighted by Gasteiger charge is 2.05. The van der Waals surface area contributed by atoms with Crippen LogP contribution in [0.15, 0.2) is 30.3 Å². The third-order valence-corrected chi connectivity index (χ3v) is 3.64. The average molecular weight is 282 g/mol. The van der Waals surface area contributed by atoms with Crippen molar-refractivity contribution in [2.45, 2.75) is 39.8 Å². The summed E-state index contributed by atoms with van der Waals surface area (Å²) in [5.41, 5.74) is 4.20. The van der Waals surface area contributed by atoms with Crippen LogP contribution in [0.3, 0.4) is 0 Å². The summed E-state index contributed by atoms with van der Waals surface area (Å²) in [6, 6.07) is 12.3. The van der Waals surface area contributed by atoms with Gasteiger partial charge in [-0.05, 0) is 57.5 Å². The summed E-state index contributed by atoms with van der Waals surface area (Å²) in [6.07, 6.45) is 1.04. The minimum absolute atomic E-state index is 0.290. The quantitative estimate of drug-likeness (QED) is 0.828. The number of benzene rings is 1. The van der Waals surface area contributed by atoms with E-state index in [1.165, 1.54) is 11.3 Å². The highest BCUT2D eigenvalue weighted by Crippen LogP contribution is 2.13. The van der Waals surface area contributed by atoms with Crippen LogP contribution in [0.2, 0.25) is 0 Å². The van der Waals surface area contributed by atoms with Gasteiger partial charge in [0.15, 0.2) is 0 Å². The Kier molecular flexibility index (Phi) is 5.13. The molecule has 0 radical (unpaired) electrons. The number of hydrogen-bond donors (Lipinski definition) is 1. The Balaban J connectivity index is 1.77. The fourth-order valence-corrected chi connectivity index (χ4v) is 2.41. The van der Waals surface area contributed by atoms with E-state index in [1.807, 2.05) is 31.2 Å². The van der Waals surface area contributed by atoms with Crippen LogP contribution in [0.25, 0.3) is 0 Å². The Hall–Kier alpha value is -2.12. The lowest BCUT2D eigenvalue weighted by atomic mass is 10.1. The zero-order valence-electron chi connectivity index (χ0n) is 12.9. The molecule has 1 atom stereocenters. The van der Waals surface area contributed by atoms with E-state index in [9.17, 15) is 0 Å². The molecule has 0 aliphatic heterocycles. The fraction of sp³-hybridized carbons (Fsp3) is 0.412. The molecule has 0 amide bonds. The molecule has 0 spiro atoms. The molecule has 2 aromatic rings. The molecule has 2 rings (SSSR count). The average Bonchev–Trinajstić information content (AvgIpc) is 2.81. The monoisotopic (exact) mass is 282 g/mol. The van der Waals surface area contributed by atoms with Crippen molar-refractivity contribution in [2.24, 2.45) is 0 Å². The van der Waals surface area contributed by atoms with Gasteiger partial charge in [0, 0.05) is 18.3 Å². The van der Waals surface area contributed by atoms with Gasteiger partial charge in [0.2, 0.25) is 0 Å². The first-order valence-corrected chi connectivity index (χ1v) is 7.34. The molecule has 0 bridgehead atoms. The van der Waals surface area contributed by atoms with Crippen LogP contribution in [0, 0.1) is 25.2 Å². The van der Waals surface area contributed by atoms with Crippen molar-refractivity contribution in [3.63, 3.8) is 0 Å². The third kappa shape index (κ3) is 4.17. The topological polar surface area (TPSA) is 53.6 Å². The maximum atomic E-state index is 8.80. The van der Waals surface area contributed by atoms with Crippen LogP contribution in [0.5, 0.6) is 0 Å². The van der Waals surface area contributed by atoms with Gasteiger partial charge in [0.1, 0.15) is 0 Å². The number of aryl methyl sites for hydroxylation is 3. The predicted octanol–water partition coefficient (Wildman–Crippen LogP) is 3.11. The summed E-state index contributed by atoms with van der Waals surface area (Å²) in [5, 5.41) is 16.8. The maximum absolute atomic E-state index is 8.80. The molecular formula is C17H22N4. The molecule has 0 aliphatic rings. The second kappa shape index (κ2) is 7.05. The van der Waals surface area contributed by atoms with Crippen molar-refractivity contribution in [1.82, 2.24) is 15.1 Å². The first-order valence-electron chi connectivity index (χ1n) is 7.34. The first kappa shape index (κ1) is 15.3. The highest BCUT2D eigenvalue weighted by molar-refractivity contribution is 5.32. The SMILES string of the molecule is Cc1cc(C)n(CCCNC(C)c2ccc(C#N)cc2)n1. The highest BCUT2D eigenvalue weighted by atomic mass is 15.3. The van der Waals surface area contributed by atoms with Gasteiger partial charge in [-0.25, -0.2) is 0 Å². The largest absolute Gasteiger partial charge is 0.310 e. The number of hydrogen-bond acceptors (Lipinski definition) is 3. The Morgan fingerprint density at radius 3 is 2.57 bits per heavy atom. The normalized spacial score (nSPS) is 12.1. The molecule has 0 aliphatic carbocycles.